The minimum Gasteiger partial charge on any atom is -0.465 e. The molecule has 0 unspecified atom stereocenters. The van der Waals surface area contributed by atoms with Gasteiger partial charge in [0.15, 0.2) is 0 Å². The maximum atomic E-state index is 12.8. The Hall–Kier alpha value is -20.0. The number of pyridine rings is 4. The number of primary amides is 2. The number of halogens is 5. The number of amides is 3. The van der Waals surface area contributed by atoms with Gasteiger partial charge in [0.25, 0.3) is 17.3 Å². The summed E-state index contributed by atoms with van der Waals surface area (Å²) < 4.78 is 54.7. The fourth-order valence-electron chi connectivity index (χ4n) is 12.9. The number of nitrogen functional groups attached to an aromatic ring is 2. The topological polar surface area (TPSA) is 622 Å². The van der Waals surface area contributed by atoms with Crippen molar-refractivity contribution >= 4 is 203 Å². The summed E-state index contributed by atoms with van der Waals surface area (Å²) in [6.07, 6.45) is 1.97. The van der Waals surface area contributed by atoms with Crippen LogP contribution in [-0.2, 0) is 23.9 Å². The number of carbonyl (C=O) groups excluding carboxylic acids is 8. The predicted octanol–water partition coefficient (Wildman–Crippen LogP) is 19.6. The molecule has 0 bridgehead atoms. The van der Waals surface area contributed by atoms with Crippen LogP contribution in [0.3, 0.4) is 0 Å². The predicted molar refractivity (Wildman–Crippen MR) is 524 cm³/mol. The number of methoxy groups -OCH3 is 1. The van der Waals surface area contributed by atoms with Gasteiger partial charge >= 0.3 is 41.0 Å². The highest BCUT2D eigenvalue weighted by molar-refractivity contribution is 6.15. The molecule has 0 saturated heterocycles. The summed E-state index contributed by atoms with van der Waals surface area (Å²) in [5.74, 6) is -6.21. The van der Waals surface area contributed by atoms with E-state index in [1.165, 1.54) is 87.2 Å². The molecular weight excluding hydrogens is 1880 g/mol. The number of ether oxygens (including phenoxy) is 1. The Kier molecular flexibility index (Phi) is 41.3. The quantitative estimate of drug-likeness (QED) is 0.0125. The second-order valence-corrected chi connectivity index (χ2v) is 27.6. The van der Waals surface area contributed by atoms with E-state index in [9.17, 15) is 97.4 Å². The van der Waals surface area contributed by atoms with Crippen molar-refractivity contribution in [1.82, 2.24) is 25.3 Å². The Morgan fingerprint density at radius 3 is 0.768 bits per heavy atom. The van der Waals surface area contributed by atoms with Crippen LogP contribution < -0.4 is 44.6 Å². The summed E-state index contributed by atoms with van der Waals surface area (Å²) in [5, 5.41) is 79.7. The molecule has 13 N–H and O–H groups in total. The van der Waals surface area contributed by atoms with Crippen molar-refractivity contribution in [3.63, 3.8) is 0 Å². The van der Waals surface area contributed by atoms with Gasteiger partial charge in [0.05, 0.1) is 109 Å². The minimum absolute atomic E-state index is 0.0550. The number of aromatic nitrogens is 4. The smallest absolute Gasteiger partial charge is 0.373 e. The lowest BCUT2D eigenvalue weighted by Gasteiger charge is -2.13. The molecule has 4 heterocycles. The van der Waals surface area contributed by atoms with Gasteiger partial charge < -0.3 is 49.4 Å². The van der Waals surface area contributed by atoms with Gasteiger partial charge in [-0.1, -0.05) is 170 Å². The number of para-hydroxylation sites is 10. The average molecular weight is 1950 g/mol. The minimum atomic E-state index is -0.984. The second-order valence-electron chi connectivity index (χ2n) is 27.6. The summed E-state index contributed by atoms with van der Waals surface area (Å²) >= 11 is 4.64. The SMILES string of the molecule is CCl.CN.CNC(=O)c1ccc(F)c([N+](=O)[O-])c1.COC(=O)c1ccc(F)c([N+](=O)[O-])c1.NC(=O)c1ccc(Nc2c3ccccc3nc3ccccc23)c([N+](=O)[O-])c1.NC(=O)c1ccc(Nc2c3ccccc3nc3ccccc23)c([N+](=O)[O-])c1.Nc1c2ccccc2nc2ccccc12.Nc1c2ccccc2nc2ccccc12.O=C=O.O=C=O.O=[N+]([O-])c1ccccc1F.O=[N+]([O-])c1ccccc1F. The number of alkyl halides is 1. The van der Waals surface area contributed by atoms with Crippen LogP contribution in [-0.4, -0.2) is 113 Å². The summed E-state index contributed by atoms with van der Waals surface area (Å²) in [5.41, 5.74) is 35.0. The number of benzene rings is 14. The Bertz CT molecular complexity index is 7140. The maximum Gasteiger partial charge on any atom is 0.373 e. The molecule has 39 nitrogen and oxygen atoms in total. The van der Waals surface area contributed by atoms with Gasteiger partial charge in [-0.15, -0.1) is 11.6 Å². The molecule has 3 amide bonds. The Morgan fingerprint density at radius 2 is 0.528 bits per heavy atom. The van der Waals surface area contributed by atoms with Gasteiger partial charge in [-0.3, -0.25) is 75.1 Å². The molecule has 0 spiro atoms. The third kappa shape index (κ3) is 29.0. The number of carbonyl (C=O) groups is 4. The third-order valence-corrected chi connectivity index (χ3v) is 19.2. The highest BCUT2D eigenvalue weighted by Gasteiger charge is 2.24. The van der Waals surface area contributed by atoms with Gasteiger partial charge in [-0.2, -0.15) is 36.7 Å². The van der Waals surface area contributed by atoms with Gasteiger partial charge in [0, 0.05) is 110 Å². The number of nitro groups is 6. The van der Waals surface area contributed by atoms with Crippen molar-refractivity contribution in [2.45, 2.75) is 0 Å². The van der Waals surface area contributed by atoms with Crippen LogP contribution >= 0.6 is 11.6 Å². The van der Waals surface area contributed by atoms with E-state index in [1.807, 2.05) is 194 Å². The first-order valence-electron chi connectivity index (χ1n) is 40.4. The van der Waals surface area contributed by atoms with E-state index in [-0.39, 0.29) is 57.3 Å². The van der Waals surface area contributed by atoms with E-state index in [0.717, 1.165) is 160 Å². The van der Waals surface area contributed by atoms with E-state index in [0.29, 0.717) is 11.4 Å². The molecule has 0 aliphatic rings. The molecule has 4 aromatic heterocycles. The van der Waals surface area contributed by atoms with Gasteiger partial charge in [-0.05, 0) is 116 Å². The van der Waals surface area contributed by atoms with Crippen molar-refractivity contribution in [1.29, 1.82) is 0 Å². The molecule has 14 aromatic carbocycles. The third-order valence-electron chi connectivity index (χ3n) is 19.2. The first-order valence-corrected chi connectivity index (χ1v) is 41.2. The Labute approximate surface area is 803 Å². The molecule has 0 radical (unpaired) electrons. The zero-order valence-corrected chi connectivity index (χ0v) is 75.1. The van der Waals surface area contributed by atoms with Gasteiger partial charge in [-0.25, -0.2) is 24.7 Å². The number of nitrogens with zero attached hydrogens (tertiary/aromatic N) is 10. The Morgan fingerprint density at radius 1 is 0.317 bits per heavy atom. The lowest BCUT2D eigenvalue weighted by molar-refractivity contribution is -0.387. The molecule has 142 heavy (non-hydrogen) atoms. The van der Waals surface area contributed by atoms with Crippen LogP contribution in [0.2, 0.25) is 0 Å². The molecular formula is C98H77ClF4N18O21. The fraction of sp³-hybridized carbons (Fsp3) is 0.0408. The van der Waals surface area contributed by atoms with Crippen LogP contribution in [0.5, 0.6) is 0 Å². The Balaban J connectivity index is 0.000000223. The molecule has 44 heteroatoms. The summed E-state index contributed by atoms with van der Waals surface area (Å²) in [4.78, 5) is 155. The number of fused-ring (bicyclic) bond motifs is 8. The molecule has 0 fully saturated rings. The van der Waals surface area contributed by atoms with E-state index in [4.69, 9.17) is 42.1 Å². The summed E-state index contributed by atoms with van der Waals surface area (Å²) in [6.45, 7) is 0. The number of anilines is 6. The highest BCUT2D eigenvalue weighted by Crippen LogP contribution is 2.40. The number of hydrogen-bond donors (Lipinski definition) is 8. The highest BCUT2D eigenvalue weighted by atomic mass is 35.5. The van der Waals surface area contributed by atoms with Crippen molar-refractivity contribution in [3.8, 4) is 0 Å². The van der Waals surface area contributed by atoms with E-state index in [2.05, 4.69) is 58.0 Å². The van der Waals surface area contributed by atoms with Crippen LogP contribution in [0.4, 0.5) is 85.8 Å². The van der Waals surface area contributed by atoms with Crippen LogP contribution in [0.15, 0.2) is 315 Å². The first-order chi connectivity index (χ1) is 68.2. The molecule has 0 aliphatic carbocycles. The average Bonchev–Trinajstić information content (AvgIpc) is 0.769. The monoisotopic (exact) mass is 1950 g/mol. The molecule has 18 aromatic rings. The molecule has 0 aliphatic heterocycles. The van der Waals surface area contributed by atoms with Crippen LogP contribution in [0.25, 0.3) is 87.2 Å². The van der Waals surface area contributed by atoms with E-state index < -0.39 is 99.2 Å². The second kappa shape index (κ2) is 53.8. The summed E-state index contributed by atoms with van der Waals surface area (Å²) in [7, 11) is 4.02. The molecule has 0 atom stereocenters. The number of nitrogens with one attached hydrogen (secondary N) is 3. The zero-order valence-electron chi connectivity index (χ0n) is 74.3. The normalized spacial score (nSPS) is 9.82. The van der Waals surface area contributed by atoms with E-state index >= 15 is 0 Å². The fourth-order valence-corrected chi connectivity index (χ4v) is 12.9. The number of nitrogens with two attached hydrogens (primary N) is 5. The van der Waals surface area contributed by atoms with Gasteiger partial charge in [0.2, 0.25) is 35.1 Å². The van der Waals surface area contributed by atoms with Crippen molar-refractivity contribution < 1.29 is 90.2 Å². The standard InChI is InChI=1S/2C20H14N4O3.2C13H10N2.C8H7FN2O3.C8H6FNO4.2C6H4FNO2.CH3Cl.CH5N.2CO2/c2*21-20(25)12-9-10-17(18(11-12)24(26)27)23-19-13-5-1-3-7-15(13)22-16-8-4-2-6-14(16)19;2*14-13-9-5-1-3-7-11(9)15-12-8-4-2-6-10(12)13;1-10-8(12)5-2-3-6(9)7(4-5)11(13)14;1-14-8(11)5-2-3-6(9)7(4-5)10(12)13;2*7-5-3-1-2-4-6(5)8(9)10;2*1-2;2*2-1-3/h2*1-11H,(H2,21,25)(H,22,23);2*1-8H,(H2,14,15);2-4H,1H3,(H,10,12);2-4H,1H3;2*1-4H;1H3;2H2,1H3;;. The molecule has 0 saturated carbocycles. The van der Waals surface area contributed by atoms with Crippen molar-refractivity contribution in [3.05, 3.63) is 422 Å². The summed E-state index contributed by atoms with van der Waals surface area (Å²) in [6, 6.07) is 86.0. The molecule has 18 rings (SSSR count). The van der Waals surface area contributed by atoms with Gasteiger partial charge in [0.1, 0.15) is 11.4 Å². The number of esters is 1. The molecule has 720 valence electrons. The van der Waals surface area contributed by atoms with Crippen molar-refractivity contribution in [2.24, 2.45) is 17.2 Å². The van der Waals surface area contributed by atoms with Crippen LogP contribution in [0.1, 0.15) is 41.4 Å². The number of hydrogen-bond acceptors (Lipinski definition) is 30. The lowest BCUT2D eigenvalue weighted by atomic mass is 10.1. The number of rotatable bonds is 14. The van der Waals surface area contributed by atoms with Crippen molar-refractivity contribution in [2.75, 3.05) is 49.7 Å². The largest absolute Gasteiger partial charge is 0.465 e. The van der Waals surface area contributed by atoms with E-state index in [1.54, 1.807) is 0 Å². The zero-order chi connectivity index (χ0) is 104. The van der Waals surface area contributed by atoms with Crippen LogP contribution in [0, 0.1) is 84.0 Å². The number of nitro benzene ring substituents is 6. The first kappa shape index (κ1) is 109. The lowest BCUT2D eigenvalue weighted by Crippen LogP contribution is -2.17. The maximum absolute atomic E-state index is 12.8.